The van der Waals surface area contributed by atoms with Crippen molar-refractivity contribution in [2.24, 2.45) is 0 Å². The smallest absolute Gasteiger partial charge is 0.185 e. The van der Waals surface area contributed by atoms with Gasteiger partial charge >= 0.3 is 0 Å². The summed E-state index contributed by atoms with van der Waals surface area (Å²) in [6, 6.07) is 0. The Morgan fingerprint density at radius 2 is 2.00 bits per heavy atom. The number of methoxy groups -OCH3 is 1. The summed E-state index contributed by atoms with van der Waals surface area (Å²) in [5.41, 5.74) is 2.51. The highest BCUT2D eigenvalue weighted by Crippen LogP contribution is 2.27. The molecule has 1 rings (SSSR count). The minimum atomic E-state index is -0.718. The van der Waals surface area contributed by atoms with Gasteiger partial charge in [0.2, 0.25) is 0 Å². The van der Waals surface area contributed by atoms with Crippen molar-refractivity contribution < 1.29 is 13.9 Å². The SMILES string of the molecule is COC1OC(NC(C)=C(C)C)C(F)=C1C. The second-order valence-electron chi connectivity index (χ2n) is 3.88. The van der Waals surface area contributed by atoms with E-state index in [0.29, 0.717) is 5.57 Å². The molecule has 0 bridgehead atoms. The number of hydrogen-bond donors (Lipinski definition) is 1. The van der Waals surface area contributed by atoms with Gasteiger partial charge in [0.05, 0.1) is 0 Å². The minimum absolute atomic E-state index is 0.289. The van der Waals surface area contributed by atoms with Gasteiger partial charge in [-0.25, -0.2) is 4.39 Å². The normalized spacial score (nSPS) is 25.7. The van der Waals surface area contributed by atoms with Gasteiger partial charge in [-0.2, -0.15) is 0 Å². The van der Waals surface area contributed by atoms with Gasteiger partial charge < -0.3 is 14.8 Å². The predicted octanol–water partition coefficient (Wildman–Crippen LogP) is 2.46. The van der Waals surface area contributed by atoms with E-state index in [-0.39, 0.29) is 5.83 Å². The number of allylic oxidation sites excluding steroid dienone is 2. The quantitative estimate of drug-likeness (QED) is 0.784. The van der Waals surface area contributed by atoms with Crippen LogP contribution in [0, 0.1) is 0 Å². The van der Waals surface area contributed by atoms with Crippen LogP contribution in [0.1, 0.15) is 27.7 Å². The Morgan fingerprint density at radius 1 is 1.40 bits per heavy atom. The average molecular weight is 215 g/mol. The second kappa shape index (κ2) is 4.77. The molecule has 0 spiro atoms. The first-order valence-corrected chi connectivity index (χ1v) is 4.92. The molecule has 0 saturated carbocycles. The molecule has 0 aromatic heterocycles. The van der Waals surface area contributed by atoms with E-state index in [4.69, 9.17) is 9.47 Å². The lowest BCUT2D eigenvalue weighted by atomic mass is 10.2. The van der Waals surface area contributed by atoms with Gasteiger partial charge in [0.25, 0.3) is 0 Å². The van der Waals surface area contributed by atoms with Crippen LogP contribution < -0.4 is 5.32 Å². The molecule has 2 unspecified atom stereocenters. The molecule has 3 nitrogen and oxygen atoms in total. The molecule has 4 heteroatoms. The zero-order chi connectivity index (χ0) is 11.6. The zero-order valence-corrected chi connectivity index (χ0v) is 9.85. The molecule has 1 heterocycles. The monoisotopic (exact) mass is 215 g/mol. The van der Waals surface area contributed by atoms with Gasteiger partial charge in [-0.3, -0.25) is 0 Å². The Morgan fingerprint density at radius 3 is 2.40 bits per heavy atom. The maximum atomic E-state index is 13.6. The Labute approximate surface area is 89.9 Å². The lowest BCUT2D eigenvalue weighted by molar-refractivity contribution is -0.112. The number of halogens is 1. The molecule has 0 aromatic carbocycles. The largest absolute Gasteiger partial charge is 0.358 e. The van der Waals surface area contributed by atoms with Gasteiger partial charge in [-0.1, -0.05) is 5.57 Å². The van der Waals surface area contributed by atoms with E-state index in [0.717, 1.165) is 11.3 Å². The zero-order valence-electron chi connectivity index (χ0n) is 9.85. The van der Waals surface area contributed by atoms with Gasteiger partial charge in [0.15, 0.2) is 18.3 Å². The van der Waals surface area contributed by atoms with Crippen LogP contribution in [0.4, 0.5) is 4.39 Å². The van der Waals surface area contributed by atoms with Crippen LogP contribution in [0.15, 0.2) is 22.7 Å². The standard InChI is InChI=1S/C11H18FNO2/c1-6(2)8(4)13-10-9(12)7(3)11(14-5)15-10/h10-11,13H,1-5H3. The third-order valence-corrected chi connectivity index (χ3v) is 2.53. The molecular weight excluding hydrogens is 197 g/mol. The summed E-state index contributed by atoms with van der Waals surface area (Å²) in [5, 5.41) is 2.97. The van der Waals surface area contributed by atoms with E-state index < -0.39 is 12.5 Å². The fourth-order valence-electron chi connectivity index (χ4n) is 1.28. The highest BCUT2D eigenvalue weighted by Gasteiger charge is 2.32. The number of nitrogens with one attached hydrogen (secondary N) is 1. The molecule has 15 heavy (non-hydrogen) atoms. The Bertz CT molecular complexity index is 306. The van der Waals surface area contributed by atoms with Crippen LogP contribution in [-0.4, -0.2) is 19.6 Å². The molecule has 2 atom stereocenters. The molecule has 0 radical (unpaired) electrons. The first-order valence-electron chi connectivity index (χ1n) is 4.92. The maximum Gasteiger partial charge on any atom is 0.185 e. The van der Waals surface area contributed by atoms with Crippen molar-refractivity contribution in [1.29, 1.82) is 0 Å². The minimum Gasteiger partial charge on any atom is -0.358 e. The third kappa shape index (κ3) is 2.58. The predicted molar refractivity (Wildman–Crippen MR) is 56.7 cm³/mol. The van der Waals surface area contributed by atoms with E-state index in [9.17, 15) is 4.39 Å². The van der Waals surface area contributed by atoms with E-state index in [1.807, 2.05) is 20.8 Å². The summed E-state index contributed by atoms with van der Waals surface area (Å²) in [6.45, 7) is 7.48. The summed E-state index contributed by atoms with van der Waals surface area (Å²) < 4.78 is 24.0. The van der Waals surface area contributed by atoms with Crippen molar-refractivity contribution in [3.05, 3.63) is 22.7 Å². The Hall–Kier alpha value is -0.870. The number of hydrogen-bond acceptors (Lipinski definition) is 3. The van der Waals surface area contributed by atoms with Crippen molar-refractivity contribution in [2.75, 3.05) is 7.11 Å². The second-order valence-corrected chi connectivity index (χ2v) is 3.88. The van der Waals surface area contributed by atoms with Gasteiger partial charge in [0, 0.05) is 18.4 Å². The lowest BCUT2D eigenvalue weighted by Gasteiger charge is -2.17. The summed E-state index contributed by atoms with van der Waals surface area (Å²) in [5.74, 6) is -0.289. The van der Waals surface area contributed by atoms with E-state index in [2.05, 4.69) is 5.32 Å². The first-order chi connectivity index (χ1) is 6.97. The van der Waals surface area contributed by atoms with Crippen LogP contribution in [0.5, 0.6) is 0 Å². The summed E-state index contributed by atoms with van der Waals surface area (Å²) in [7, 11) is 1.50. The highest BCUT2D eigenvalue weighted by atomic mass is 19.1. The van der Waals surface area contributed by atoms with Crippen molar-refractivity contribution in [1.82, 2.24) is 5.32 Å². The molecule has 0 fully saturated rings. The summed E-state index contributed by atoms with van der Waals surface area (Å²) in [6.07, 6.45) is -1.29. The molecular formula is C11H18FNO2. The van der Waals surface area contributed by atoms with Crippen molar-refractivity contribution in [3.63, 3.8) is 0 Å². The van der Waals surface area contributed by atoms with Crippen LogP contribution in [0.2, 0.25) is 0 Å². The van der Waals surface area contributed by atoms with Gasteiger partial charge in [0.1, 0.15) is 0 Å². The molecule has 0 aliphatic carbocycles. The Kier molecular flexibility index (Phi) is 3.88. The van der Waals surface area contributed by atoms with Gasteiger partial charge in [-0.15, -0.1) is 0 Å². The van der Waals surface area contributed by atoms with E-state index >= 15 is 0 Å². The topological polar surface area (TPSA) is 30.5 Å². The number of rotatable bonds is 3. The first kappa shape index (κ1) is 12.2. The fraction of sp³-hybridized carbons (Fsp3) is 0.636. The fourth-order valence-corrected chi connectivity index (χ4v) is 1.28. The van der Waals surface area contributed by atoms with Crippen LogP contribution >= 0.6 is 0 Å². The third-order valence-electron chi connectivity index (χ3n) is 2.53. The number of ether oxygens (including phenoxy) is 2. The molecule has 0 amide bonds. The lowest BCUT2D eigenvalue weighted by Crippen LogP contribution is -2.30. The molecule has 0 aromatic rings. The maximum absolute atomic E-state index is 13.6. The highest BCUT2D eigenvalue weighted by molar-refractivity contribution is 5.19. The average Bonchev–Trinajstić information content (AvgIpc) is 2.45. The molecule has 1 N–H and O–H groups in total. The van der Waals surface area contributed by atoms with Crippen LogP contribution in [0.3, 0.4) is 0 Å². The molecule has 86 valence electrons. The summed E-state index contributed by atoms with van der Waals surface area (Å²) >= 11 is 0. The Balaban J connectivity index is 2.73. The molecule has 0 saturated heterocycles. The molecule has 1 aliphatic heterocycles. The molecule has 1 aliphatic rings. The van der Waals surface area contributed by atoms with E-state index in [1.54, 1.807) is 6.92 Å². The van der Waals surface area contributed by atoms with Crippen LogP contribution in [0.25, 0.3) is 0 Å². The summed E-state index contributed by atoms with van der Waals surface area (Å²) in [4.78, 5) is 0. The van der Waals surface area contributed by atoms with Crippen molar-refractivity contribution >= 4 is 0 Å². The van der Waals surface area contributed by atoms with Crippen molar-refractivity contribution in [2.45, 2.75) is 40.2 Å². The van der Waals surface area contributed by atoms with Crippen molar-refractivity contribution in [3.8, 4) is 0 Å². The van der Waals surface area contributed by atoms with E-state index in [1.165, 1.54) is 7.11 Å². The van der Waals surface area contributed by atoms with Gasteiger partial charge in [-0.05, 0) is 27.7 Å². The van der Waals surface area contributed by atoms with Crippen LogP contribution in [-0.2, 0) is 9.47 Å².